The van der Waals surface area contributed by atoms with Crippen LogP contribution < -0.4 is 10.1 Å². The van der Waals surface area contributed by atoms with Crippen molar-refractivity contribution in [1.29, 1.82) is 0 Å². The molecule has 1 aromatic rings. The molecule has 84 valence electrons. The Labute approximate surface area is 91.4 Å². The molecule has 0 aromatic heterocycles. The smallest absolute Gasteiger partial charge is 0.261 e. The molecule has 1 unspecified atom stereocenters. The van der Waals surface area contributed by atoms with Gasteiger partial charge in [0.15, 0.2) is 11.9 Å². The molecule has 5 heteroatoms. The molecule has 1 N–H and O–H groups in total. The lowest BCUT2D eigenvalue weighted by Gasteiger charge is -2.23. The molecule has 1 atom stereocenters. The van der Waals surface area contributed by atoms with Crippen LogP contribution in [0.4, 0.5) is 4.39 Å². The number of carbonyl (C=O) groups excluding carboxylic acids is 2. The van der Waals surface area contributed by atoms with Crippen molar-refractivity contribution in [3.63, 3.8) is 0 Å². The van der Waals surface area contributed by atoms with Gasteiger partial charge in [-0.15, -0.1) is 0 Å². The van der Waals surface area contributed by atoms with Crippen molar-refractivity contribution in [3.8, 4) is 5.75 Å². The summed E-state index contributed by atoms with van der Waals surface area (Å²) in [7, 11) is 1.47. The number of Topliss-reactive ketones (excluding diaryl/α,β-unsaturated/α-hetero) is 1. The number of fused-ring (bicyclic) bond motifs is 1. The van der Waals surface area contributed by atoms with E-state index in [2.05, 4.69) is 5.32 Å². The predicted molar refractivity (Wildman–Crippen MR) is 53.8 cm³/mol. The van der Waals surface area contributed by atoms with Crippen LogP contribution >= 0.6 is 0 Å². The van der Waals surface area contributed by atoms with Gasteiger partial charge in [0.1, 0.15) is 11.6 Å². The van der Waals surface area contributed by atoms with E-state index < -0.39 is 11.9 Å². The number of hydrogen-bond donors (Lipinski definition) is 1. The van der Waals surface area contributed by atoms with Gasteiger partial charge in [0.25, 0.3) is 5.91 Å². The highest BCUT2D eigenvalue weighted by molar-refractivity contribution is 6.03. The van der Waals surface area contributed by atoms with Crippen LogP contribution in [0.15, 0.2) is 18.2 Å². The quantitative estimate of drug-likeness (QED) is 0.769. The minimum atomic E-state index is -0.824. The monoisotopic (exact) mass is 223 g/mol. The summed E-state index contributed by atoms with van der Waals surface area (Å²) >= 11 is 0. The van der Waals surface area contributed by atoms with Crippen molar-refractivity contribution in [1.82, 2.24) is 5.32 Å². The SMILES string of the molecule is CNC(=O)C1CC(=O)c2cc(F)ccc2O1. The summed E-state index contributed by atoms with van der Waals surface area (Å²) in [4.78, 5) is 23.0. The van der Waals surface area contributed by atoms with Crippen LogP contribution in [0.1, 0.15) is 16.8 Å². The number of ketones is 1. The molecule has 0 radical (unpaired) electrons. The third kappa shape index (κ3) is 1.76. The van der Waals surface area contributed by atoms with E-state index in [-0.39, 0.29) is 29.4 Å². The molecule has 2 rings (SSSR count). The Morgan fingerprint density at radius 2 is 2.31 bits per heavy atom. The highest BCUT2D eigenvalue weighted by Gasteiger charge is 2.30. The van der Waals surface area contributed by atoms with Crippen molar-refractivity contribution in [3.05, 3.63) is 29.6 Å². The second kappa shape index (κ2) is 3.92. The standard InChI is InChI=1S/C11H10FNO3/c1-13-11(15)10-5-8(14)7-4-6(12)2-3-9(7)16-10/h2-4,10H,5H2,1H3,(H,13,15). The first-order valence-corrected chi connectivity index (χ1v) is 4.83. The number of nitrogens with one attached hydrogen (secondary N) is 1. The van der Waals surface area contributed by atoms with Gasteiger partial charge in [-0.1, -0.05) is 0 Å². The summed E-state index contributed by atoms with van der Waals surface area (Å²) in [6, 6.07) is 3.67. The number of benzene rings is 1. The van der Waals surface area contributed by atoms with Crippen molar-refractivity contribution in [2.24, 2.45) is 0 Å². The Morgan fingerprint density at radius 1 is 1.56 bits per heavy atom. The molecule has 4 nitrogen and oxygen atoms in total. The first-order valence-electron chi connectivity index (χ1n) is 4.83. The third-order valence-corrected chi connectivity index (χ3v) is 2.42. The molecule has 0 fully saturated rings. The Balaban J connectivity index is 2.33. The molecule has 0 spiro atoms. The van der Waals surface area contributed by atoms with Crippen LogP contribution in [0.2, 0.25) is 0 Å². The van der Waals surface area contributed by atoms with Gasteiger partial charge in [-0.3, -0.25) is 9.59 Å². The first kappa shape index (κ1) is 10.6. The fraction of sp³-hybridized carbons (Fsp3) is 0.273. The summed E-state index contributed by atoms with van der Waals surface area (Å²) < 4.78 is 18.2. The van der Waals surface area contributed by atoms with Crippen LogP contribution in [0.25, 0.3) is 0 Å². The minimum absolute atomic E-state index is 0.0594. The van der Waals surface area contributed by atoms with E-state index in [1.54, 1.807) is 0 Å². The lowest BCUT2D eigenvalue weighted by atomic mass is 10.0. The molecule has 16 heavy (non-hydrogen) atoms. The minimum Gasteiger partial charge on any atom is -0.479 e. The van der Waals surface area contributed by atoms with E-state index in [1.807, 2.05) is 0 Å². The lowest BCUT2D eigenvalue weighted by Crippen LogP contribution is -2.40. The van der Waals surface area contributed by atoms with Crippen molar-refractivity contribution >= 4 is 11.7 Å². The maximum Gasteiger partial charge on any atom is 0.261 e. The maximum atomic E-state index is 12.9. The number of halogens is 1. The van der Waals surface area contributed by atoms with Crippen molar-refractivity contribution in [2.75, 3.05) is 7.05 Å². The first-order chi connectivity index (χ1) is 7.61. The number of ether oxygens (including phenoxy) is 1. The Hall–Kier alpha value is -1.91. The summed E-state index contributed by atoms with van der Waals surface area (Å²) in [5, 5.41) is 2.41. The average Bonchev–Trinajstić information content (AvgIpc) is 2.28. The molecule has 1 aliphatic heterocycles. The van der Waals surface area contributed by atoms with Crippen LogP contribution in [0.5, 0.6) is 5.75 Å². The van der Waals surface area contributed by atoms with Gasteiger partial charge in [-0.25, -0.2) is 4.39 Å². The average molecular weight is 223 g/mol. The predicted octanol–water partition coefficient (Wildman–Crippen LogP) is 0.905. The van der Waals surface area contributed by atoms with Gasteiger partial charge in [-0.05, 0) is 18.2 Å². The van der Waals surface area contributed by atoms with E-state index in [4.69, 9.17) is 4.74 Å². The van der Waals surface area contributed by atoms with Gasteiger partial charge < -0.3 is 10.1 Å². The van der Waals surface area contributed by atoms with E-state index in [0.29, 0.717) is 0 Å². The van der Waals surface area contributed by atoms with Crippen LogP contribution in [-0.4, -0.2) is 24.8 Å². The highest BCUT2D eigenvalue weighted by Crippen LogP contribution is 2.28. The number of likely N-dealkylation sites (N-methyl/N-ethyl adjacent to an activating group) is 1. The zero-order valence-corrected chi connectivity index (χ0v) is 8.62. The molecule has 1 aromatic carbocycles. The summed E-state index contributed by atoms with van der Waals surface area (Å²) in [6.45, 7) is 0. The Bertz CT molecular complexity index is 459. The number of rotatable bonds is 1. The fourth-order valence-corrected chi connectivity index (χ4v) is 1.60. The normalized spacial score (nSPS) is 18.6. The Kier molecular flexibility index (Phi) is 2.60. The van der Waals surface area contributed by atoms with Crippen molar-refractivity contribution < 1.29 is 18.7 Å². The number of amides is 1. The largest absolute Gasteiger partial charge is 0.479 e. The summed E-state index contributed by atoms with van der Waals surface area (Å²) in [5.41, 5.74) is 0.195. The van der Waals surface area contributed by atoms with E-state index in [1.165, 1.54) is 19.2 Å². The van der Waals surface area contributed by atoms with Crippen molar-refractivity contribution in [2.45, 2.75) is 12.5 Å². The van der Waals surface area contributed by atoms with E-state index >= 15 is 0 Å². The summed E-state index contributed by atoms with van der Waals surface area (Å²) in [6.07, 6.45) is -0.883. The van der Waals surface area contributed by atoms with E-state index in [9.17, 15) is 14.0 Å². The van der Waals surface area contributed by atoms with Crippen LogP contribution in [0.3, 0.4) is 0 Å². The van der Waals surface area contributed by atoms with Gasteiger partial charge in [0.05, 0.1) is 12.0 Å². The lowest BCUT2D eigenvalue weighted by molar-refractivity contribution is -0.127. The van der Waals surface area contributed by atoms with Gasteiger partial charge in [-0.2, -0.15) is 0 Å². The molecule has 0 saturated heterocycles. The molecule has 0 aliphatic carbocycles. The highest BCUT2D eigenvalue weighted by atomic mass is 19.1. The second-order valence-electron chi connectivity index (χ2n) is 3.49. The molecule has 0 bridgehead atoms. The van der Waals surface area contributed by atoms with Gasteiger partial charge in [0, 0.05) is 7.05 Å². The Morgan fingerprint density at radius 3 is 3.00 bits per heavy atom. The third-order valence-electron chi connectivity index (χ3n) is 2.42. The van der Waals surface area contributed by atoms with Gasteiger partial charge >= 0.3 is 0 Å². The maximum absolute atomic E-state index is 12.9. The topological polar surface area (TPSA) is 55.4 Å². The second-order valence-corrected chi connectivity index (χ2v) is 3.49. The molecular formula is C11H10FNO3. The zero-order valence-electron chi connectivity index (χ0n) is 8.62. The molecule has 1 amide bonds. The zero-order chi connectivity index (χ0) is 11.7. The molecule has 0 saturated carbocycles. The number of hydrogen-bond acceptors (Lipinski definition) is 3. The number of carbonyl (C=O) groups is 2. The van der Waals surface area contributed by atoms with Crippen LogP contribution in [0, 0.1) is 5.82 Å². The van der Waals surface area contributed by atoms with E-state index in [0.717, 1.165) is 6.07 Å². The summed E-state index contributed by atoms with van der Waals surface area (Å²) in [5.74, 6) is -0.877. The van der Waals surface area contributed by atoms with Crippen LogP contribution in [-0.2, 0) is 4.79 Å². The fourth-order valence-electron chi connectivity index (χ4n) is 1.60. The molecule has 1 heterocycles. The molecule has 1 aliphatic rings. The molecular weight excluding hydrogens is 213 g/mol. The van der Waals surface area contributed by atoms with Gasteiger partial charge in [0.2, 0.25) is 0 Å².